The Morgan fingerprint density at radius 3 is 2.23 bits per heavy atom. The normalized spacial score (nSPS) is 11.3. The summed E-state index contributed by atoms with van der Waals surface area (Å²) < 4.78 is 7.32. The molecule has 30 heavy (non-hydrogen) atoms. The molecule has 4 heteroatoms. The van der Waals surface area contributed by atoms with Gasteiger partial charge in [0.1, 0.15) is 5.75 Å². The maximum atomic E-state index is 5.37. The van der Waals surface area contributed by atoms with Crippen LogP contribution in [0.1, 0.15) is 16.8 Å². The standard InChI is InChI=1S/C26H23N3O/c1-16-14-22-23(15-17(16)2)27-26-24(25(22)19-10-12-21(30-4)13-11-19)18(3)28-29(26)20-8-6-5-7-9-20/h5-15H,1-4H3. The van der Waals surface area contributed by atoms with Crippen LogP contribution in [0.15, 0.2) is 66.7 Å². The predicted molar refractivity (Wildman–Crippen MR) is 123 cm³/mol. The molecule has 0 saturated heterocycles. The van der Waals surface area contributed by atoms with E-state index in [-0.39, 0.29) is 0 Å². The minimum atomic E-state index is 0.845. The average Bonchev–Trinajstić information content (AvgIpc) is 3.10. The van der Waals surface area contributed by atoms with Gasteiger partial charge in [-0.25, -0.2) is 9.67 Å². The molecular formula is C26H23N3O. The second-order valence-electron chi connectivity index (χ2n) is 7.70. The van der Waals surface area contributed by atoms with E-state index < -0.39 is 0 Å². The Labute approximate surface area is 175 Å². The summed E-state index contributed by atoms with van der Waals surface area (Å²) in [6.45, 7) is 6.34. The highest BCUT2D eigenvalue weighted by Crippen LogP contribution is 2.38. The minimum Gasteiger partial charge on any atom is -0.497 e. The van der Waals surface area contributed by atoms with E-state index in [0.717, 1.165) is 44.6 Å². The Morgan fingerprint density at radius 1 is 0.833 bits per heavy atom. The van der Waals surface area contributed by atoms with Crippen molar-refractivity contribution in [3.05, 3.63) is 83.6 Å². The van der Waals surface area contributed by atoms with Crippen molar-refractivity contribution in [3.63, 3.8) is 0 Å². The first-order chi connectivity index (χ1) is 14.6. The molecule has 3 aromatic carbocycles. The van der Waals surface area contributed by atoms with Crippen molar-refractivity contribution < 1.29 is 4.74 Å². The van der Waals surface area contributed by atoms with Crippen LogP contribution < -0.4 is 4.74 Å². The zero-order chi connectivity index (χ0) is 20.8. The number of ether oxygens (including phenoxy) is 1. The molecule has 0 spiro atoms. The highest BCUT2D eigenvalue weighted by Gasteiger charge is 2.19. The second-order valence-corrected chi connectivity index (χ2v) is 7.70. The minimum absolute atomic E-state index is 0.845. The largest absolute Gasteiger partial charge is 0.497 e. The molecule has 4 nitrogen and oxygen atoms in total. The molecule has 5 aromatic rings. The summed E-state index contributed by atoms with van der Waals surface area (Å²) in [4.78, 5) is 5.07. The zero-order valence-electron chi connectivity index (χ0n) is 17.6. The number of rotatable bonds is 3. The highest BCUT2D eigenvalue weighted by molar-refractivity contribution is 6.10. The van der Waals surface area contributed by atoms with Gasteiger partial charge < -0.3 is 4.74 Å². The Morgan fingerprint density at radius 2 is 1.53 bits per heavy atom. The van der Waals surface area contributed by atoms with Crippen LogP contribution >= 0.6 is 0 Å². The lowest BCUT2D eigenvalue weighted by Crippen LogP contribution is -1.98. The van der Waals surface area contributed by atoms with Crippen molar-refractivity contribution in [2.45, 2.75) is 20.8 Å². The van der Waals surface area contributed by atoms with Gasteiger partial charge in [0.2, 0.25) is 0 Å². The number of hydrogen-bond acceptors (Lipinski definition) is 3. The number of aromatic nitrogens is 3. The van der Waals surface area contributed by atoms with Crippen LogP contribution in [-0.2, 0) is 0 Å². The third-order valence-corrected chi connectivity index (χ3v) is 5.77. The fourth-order valence-corrected chi connectivity index (χ4v) is 4.06. The van der Waals surface area contributed by atoms with Crippen molar-refractivity contribution in [2.75, 3.05) is 7.11 Å². The summed E-state index contributed by atoms with van der Waals surface area (Å²) in [6, 6.07) is 22.8. The van der Waals surface area contributed by atoms with Gasteiger partial charge in [-0.05, 0) is 73.9 Å². The van der Waals surface area contributed by atoms with Crippen LogP contribution in [0.5, 0.6) is 5.75 Å². The average molecular weight is 393 g/mol. The summed E-state index contributed by atoms with van der Waals surface area (Å²) in [6.07, 6.45) is 0. The van der Waals surface area contributed by atoms with Gasteiger partial charge in [-0.15, -0.1) is 0 Å². The molecule has 2 aromatic heterocycles. The molecule has 0 fully saturated rings. The van der Waals surface area contributed by atoms with Crippen LogP contribution in [-0.4, -0.2) is 21.9 Å². The number of aryl methyl sites for hydroxylation is 3. The molecule has 0 atom stereocenters. The maximum Gasteiger partial charge on any atom is 0.164 e. The Bertz CT molecular complexity index is 1380. The summed E-state index contributed by atoms with van der Waals surface area (Å²) in [7, 11) is 1.69. The fraction of sp³-hybridized carbons (Fsp3) is 0.154. The van der Waals surface area contributed by atoms with Gasteiger partial charge in [-0.3, -0.25) is 0 Å². The number of methoxy groups -OCH3 is 1. The van der Waals surface area contributed by atoms with Gasteiger partial charge >= 0.3 is 0 Å². The van der Waals surface area contributed by atoms with E-state index >= 15 is 0 Å². The summed E-state index contributed by atoms with van der Waals surface area (Å²) in [5.41, 5.74) is 8.62. The predicted octanol–water partition coefficient (Wildman–Crippen LogP) is 6.17. The second kappa shape index (κ2) is 6.99. The quantitative estimate of drug-likeness (QED) is 0.368. The van der Waals surface area contributed by atoms with E-state index in [2.05, 4.69) is 57.2 Å². The number of benzene rings is 3. The number of para-hydroxylation sites is 1. The number of fused-ring (bicyclic) bond motifs is 2. The van der Waals surface area contributed by atoms with Crippen molar-refractivity contribution in [3.8, 4) is 22.6 Å². The van der Waals surface area contributed by atoms with Gasteiger partial charge in [0.15, 0.2) is 5.65 Å². The highest BCUT2D eigenvalue weighted by atomic mass is 16.5. The van der Waals surface area contributed by atoms with E-state index in [9.17, 15) is 0 Å². The lowest BCUT2D eigenvalue weighted by Gasteiger charge is -2.13. The van der Waals surface area contributed by atoms with Gasteiger partial charge in [-0.2, -0.15) is 5.10 Å². The van der Waals surface area contributed by atoms with Crippen molar-refractivity contribution >= 4 is 21.9 Å². The Kier molecular flexibility index (Phi) is 4.28. The first kappa shape index (κ1) is 18.4. The summed E-state index contributed by atoms with van der Waals surface area (Å²) in [5.74, 6) is 0.845. The first-order valence-electron chi connectivity index (χ1n) is 10.1. The molecular weight excluding hydrogens is 370 g/mol. The maximum absolute atomic E-state index is 5.37. The van der Waals surface area contributed by atoms with Crippen LogP contribution in [0.2, 0.25) is 0 Å². The third-order valence-electron chi connectivity index (χ3n) is 5.77. The third kappa shape index (κ3) is 2.84. The molecule has 0 bridgehead atoms. The SMILES string of the molecule is COc1ccc(-c2c3cc(C)c(C)cc3nc3c2c(C)nn3-c2ccccc2)cc1. The topological polar surface area (TPSA) is 39.9 Å². The van der Waals surface area contributed by atoms with Gasteiger partial charge in [0, 0.05) is 10.9 Å². The Balaban J connectivity index is 1.93. The molecule has 0 saturated carbocycles. The monoisotopic (exact) mass is 393 g/mol. The molecule has 0 amide bonds. The van der Waals surface area contributed by atoms with Gasteiger partial charge in [0.25, 0.3) is 0 Å². The van der Waals surface area contributed by atoms with Crippen molar-refractivity contribution in [1.29, 1.82) is 0 Å². The molecule has 0 radical (unpaired) electrons. The molecule has 5 rings (SSSR count). The lowest BCUT2D eigenvalue weighted by atomic mass is 9.94. The van der Waals surface area contributed by atoms with E-state index in [4.69, 9.17) is 14.8 Å². The summed E-state index contributed by atoms with van der Waals surface area (Å²) in [5, 5.41) is 7.11. The molecule has 0 aliphatic heterocycles. The van der Waals surface area contributed by atoms with E-state index in [1.165, 1.54) is 16.7 Å². The molecule has 148 valence electrons. The Hall–Kier alpha value is -3.66. The van der Waals surface area contributed by atoms with Crippen LogP contribution in [0.4, 0.5) is 0 Å². The number of nitrogens with zero attached hydrogens (tertiary/aromatic N) is 3. The molecule has 0 aliphatic carbocycles. The van der Waals surface area contributed by atoms with E-state index in [1.54, 1.807) is 7.11 Å². The smallest absolute Gasteiger partial charge is 0.164 e. The summed E-state index contributed by atoms with van der Waals surface area (Å²) >= 11 is 0. The van der Waals surface area contributed by atoms with Gasteiger partial charge in [0.05, 0.1) is 29.4 Å². The first-order valence-corrected chi connectivity index (χ1v) is 10.1. The fourth-order valence-electron chi connectivity index (χ4n) is 4.06. The molecule has 0 unspecified atom stereocenters. The van der Waals surface area contributed by atoms with Crippen LogP contribution in [0.3, 0.4) is 0 Å². The van der Waals surface area contributed by atoms with Crippen molar-refractivity contribution in [2.24, 2.45) is 0 Å². The van der Waals surface area contributed by atoms with E-state index in [0.29, 0.717) is 0 Å². The number of pyridine rings is 1. The van der Waals surface area contributed by atoms with E-state index in [1.807, 2.05) is 35.0 Å². The number of hydrogen-bond donors (Lipinski definition) is 0. The zero-order valence-corrected chi connectivity index (χ0v) is 17.6. The van der Waals surface area contributed by atoms with Crippen molar-refractivity contribution in [1.82, 2.24) is 14.8 Å². The lowest BCUT2D eigenvalue weighted by molar-refractivity contribution is 0.415. The molecule has 0 N–H and O–H groups in total. The van der Waals surface area contributed by atoms with Gasteiger partial charge in [-0.1, -0.05) is 30.3 Å². The molecule has 0 aliphatic rings. The van der Waals surface area contributed by atoms with Crippen LogP contribution in [0.25, 0.3) is 38.8 Å². The van der Waals surface area contributed by atoms with Crippen LogP contribution in [0, 0.1) is 20.8 Å². The molecule has 2 heterocycles.